The van der Waals surface area contributed by atoms with Gasteiger partial charge in [0.05, 0.1) is 29.9 Å². The Labute approximate surface area is 143 Å². The number of Topliss-reactive ketones (excluding diaryl/α,β-unsaturated/α-hetero) is 1. The van der Waals surface area contributed by atoms with Gasteiger partial charge in [0.2, 0.25) is 0 Å². The van der Waals surface area contributed by atoms with E-state index in [4.69, 9.17) is 5.26 Å². The number of halogens is 3. The van der Waals surface area contributed by atoms with Crippen molar-refractivity contribution >= 4 is 11.5 Å². The predicted octanol–water partition coefficient (Wildman–Crippen LogP) is 1.73. The van der Waals surface area contributed by atoms with Crippen LogP contribution in [0.25, 0.3) is 0 Å². The zero-order valence-corrected chi connectivity index (χ0v) is 13.5. The molecule has 3 aliphatic rings. The smallest absolute Gasteiger partial charge is 0.357 e. The van der Waals surface area contributed by atoms with Gasteiger partial charge < -0.3 is 10.2 Å². The zero-order chi connectivity index (χ0) is 17.9. The first-order chi connectivity index (χ1) is 11.8. The van der Waals surface area contributed by atoms with Crippen molar-refractivity contribution in [2.75, 3.05) is 18.1 Å². The molecule has 1 N–H and O–H groups in total. The maximum atomic E-state index is 13.2. The monoisotopic (exact) mass is 350 g/mol. The van der Waals surface area contributed by atoms with E-state index in [1.54, 1.807) is 19.1 Å². The minimum absolute atomic E-state index is 0.0992. The van der Waals surface area contributed by atoms with E-state index in [-0.39, 0.29) is 35.5 Å². The van der Waals surface area contributed by atoms with Gasteiger partial charge in [0.15, 0.2) is 0 Å². The Morgan fingerprint density at radius 1 is 1.36 bits per heavy atom. The lowest BCUT2D eigenvalue weighted by Gasteiger charge is -2.33. The molecule has 0 aromatic heterocycles. The molecule has 25 heavy (non-hydrogen) atoms. The van der Waals surface area contributed by atoms with Crippen LogP contribution in [0.4, 0.5) is 18.9 Å². The normalized spacial score (nSPS) is 31.2. The molecule has 2 bridgehead atoms. The number of carbonyl (C=O) groups excluding carboxylic acids is 1. The predicted molar refractivity (Wildman–Crippen MR) is 83.8 cm³/mol. The number of anilines is 1. The summed E-state index contributed by atoms with van der Waals surface area (Å²) >= 11 is 0. The first-order valence-corrected chi connectivity index (χ1v) is 8.18. The van der Waals surface area contributed by atoms with E-state index in [1.807, 2.05) is 4.90 Å². The van der Waals surface area contributed by atoms with Crippen LogP contribution in [0.2, 0.25) is 0 Å². The molecule has 4 unspecified atom stereocenters. The highest BCUT2D eigenvalue weighted by Gasteiger charge is 2.55. The second kappa shape index (κ2) is 5.44. The number of piperazine rings is 1. The quantitative estimate of drug-likeness (QED) is 0.880. The lowest BCUT2D eigenvalue weighted by molar-refractivity contribution is -0.137. The molecular weight excluding hydrogens is 333 g/mol. The summed E-state index contributed by atoms with van der Waals surface area (Å²) in [5, 5.41) is 12.3. The van der Waals surface area contributed by atoms with Crippen molar-refractivity contribution in [2.24, 2.45) is 0 Å². The standard InChI is InChI=1S/C17H17F3N4O/c1-9(25)16-14-5-13(22-16)15-7-23(8-24(14)15)11-3-2-10(6-21)12(4-11)17(18,19)20/h2-4,13-16,22H,5,7-8H2,1H3. The summed E-state index contributed by atoms with van der Waals surface area (Å²) in [7, 11) is 0. The number of fused-ring (bicyclic) bond motifs is 5. The highest BCUT2D eigenvalue weighted by Crippen LogP contribution is 2.40. The number of benzene rings is 1. The zero-order valence-electron chi connectivity index (χ0n) is 13.5. The maximum absolute atomic E-state index is 13.2. The van der Waals surface area contributed by atoms with E-state index < -0.39 is 11.7 Å². The van der Waals surface area contributed by atoms with Crippen molar-refractivity contribution in [1.82, 2.24) is 10.2 Å². The maximum Gasteiger partial charge on any atom is 0.417 e. The van der Waals surface area contributed by atoms with Crippen LogP contribution >= 0.6 is 0 Å². The van der Waals surface area contributed by atoms with Gasteiger partial charge in [0.1, 0.15) is 5.78 Å². The second-order valence-corrected chi connectivity index (χ2v) is 6.95. The molecule has 1 aromatic rings. The summed E-state index contributed by atoms with van der Waals surface area (Å²) in [5.74, 6) is 0.0992. The molecule has 0 radical (unpaired) electrons. The fourth-order valence-corrected chi connectivity index (χ4v) is 4.44. The van der Waals surface area contributed by atoms with Gasteiger partial charge in [0, 0.05) is 30.4 Å². The van der Waals surface area contributed by atoms with Crippen molar-refractivity contribution in [2.45, 2.75) is 43.7 Å². The lowest BCUT2D eigenvalue weighted by Crippen LogP contribution is -2.57. The van der Waals surface area contributed by atoms with Crippen molar-refractivity contribution < 1.29 is 18.0 Å². The van der Waals surface area contributed by atoms with Crippen LogP contribution < -0.4 is 10.2 Å². The number of hydrogen-bond acceptors (Lipinski definition) is 5. The number of alkyl halides is 3. The summed E-state index contributed by atoms with van der Waals surface area (Å²) in [6.07, 6.45) is -3.65. The molecule has 4 atom stereocenters. The van der Waals surface area contributed by atoms with E-state index >= 15 is 0 Å². The molecule has 0 saturated carbocycles. The largest absolute Gasteiger partial charge is 0.417 e. The summed E-state index contributed by atoms with van der Waals surface area (Å²) < 4.78 is 39.5. The van der Waals surface area contributed by atoms with Crippen LogP contribution in [-0.4, -0.2) is 48.1 Å². The van der Waals surface area contributed by atoms with Crippen LogP contribution in [0.1, 0.15) is 24.5 Å². The molecule has 3 saturated heterocycles. The van der Waals surface area contributed by atoms with E-state index in [0.717, 1.165) is 12.5 Å². The Hall–Kier alpha value is -2.11. The molecular formula is C17H17F3N4O. The molecule has 1 aromatic carbocycles. The minimum Gasteiger partial charge on any atom is -0.357 e. The van der Waals surface area contributed by atoms with E-state index in [2.05, 4.69) is 10.2 Å². The van der Waals surface area contributed by atoms with Crippen molar-refractivity contribution in [3.63, 3.8) is 0 Å². The molecule has 3 heterocycles. The Morgan fingerprint density at radius 2 is 2.12 bits per heavy atom. The molecule has 132 valence electrons. The molecule has 3 fully saturated rings. The first kappa shape index (κ1) is 16.4. The fraction of sp³-hybridized carbons (Fsp3) is 0.529. The summed E-state index contributed by atoms with van der Waals surface area (Å²) in [6.45, 7) is 2.68. The Bertz CT molecular complexity index is 772. The fourth-order valence-electron chi connectivity index (χ4n) is 4.44. The topological polar surface area (TPSA) is 59.4 Å². The lowest BCUT2D eigenvalue weighted by atomic mass is 10.1. The van der Waals surface area contributed by atoms with Crippen molar-refractivity contribution in [3.8, 4) is 6.07 Å². The number of rotatable bonds is 2. The number of nitrogens with zero attached hydrogens (tertiary/aromatic N) is 3. The average molecular weight is 350 g/mol. The van der Waals surface area contributed by atoms with E-state index in [9.17, 15) is 18.0 Å². The van der Waals surface area contributed by atoms with Gasteiger partial charge >= 0.3 is 6.18 Å². The van der Waals surface area contributed by atoms with Gasteiger partial charge in [-0.3, -0.25) is 9.69 Å². The van der Waals surface area contributed by atoms with Gasteiger partial charge in [-0.25, -0.2) is 0 Å². The van der Waals surface area contributed by atoms with Gasteiger partial charge in [-0.2, -0.15) is 18.4 Å². The van der Waals surface area contributed by atoms with Crippen LogP contribution in [0, 0.1) is 11.3 Å². The summed E-state index contributed by atoms with van der Waals surface area (Å²) in [4.78, 5) is 15.9. The van der Waals surface area contributed by atoms with Crippen molar-refractivity contribution in [3.05, 3.63) is 29.3 Å². The first-order valence-electron chi connectivity index (χ1n) is 8.18. The Kier molecular flexibility index (Phi) is 3.56. The van der Waals surface area contributed by atoms with Crippen LogP contribution in [0.15, 0.2) is 18.2 Å². The molecule has 0 amide bonds. The number of nitriles is 1. The SMILES string of the molecule is CC(=O)C1NC2CC1N1CN(c3ccc(C#N)c(C(F)(F)F)c3)CC21. The number of ketones is 1. The number of nitrogens with one attached hydrogen (secondary N) is 1. The van der Waals surface area contributed by atoms with E-state index in [0.29, 0.717) is 18.9 Å². The van der Waals surface area contributed by atoms with Gasteiger partial charge in [-0.15, -0.1) is 0 Å². The van der Waals surface area contributed by atoms with Crippen LogP contribution in [0.3, 0.4) is 0 Å². The Balaban J connectivity index is 1.60. The summed E-state index contributed by atoms with van der Waals surface area (Å²) in [6, 6.07) is 5.77. The van der Waals surface area contributed by atoms with Crippen LogP contribution in [0.5, 0.6) is 0 Å². The molecule has 0 aliphatic carbocycles. The van der Waals surface area contributed by atoms with Gasteiger partial charge in [-0.05, 0) is 31.5 Å². The Morgan fingerprint density at radius 3 is 2.76 bits per heavy atom. The third-order valence-corrected chi connectivity index (χ3v) is 5.56. The van der Waals surface area contributed by atoms with Crippen molar-refractivity contribution in [1.29, 1.82) is 5.26 Å². The number of carbonyl (C=O) groups is 1. The summed E-state index contributed by atoms with van der Waals surface area (Å²) in [5.41, 5.74) is -0.809. The highest BCUT2D eigenvalue weighted by molar-refractivity contribution is 5.83. The second-order valence-electron chi connectivity index (χ2n) is 6.95. The molecule has 4 rings (SSSR count). The van der Waals surface area contributed by atoms with E-state index in [1.165, 1.54) is 6.07 Å². The minimum atomic E-state index is -4.56. The molecule has 5 nitrogen and oxygen atoms in total. The molecule has 3 aliphatic heterocycles. The highest BCUT2D eigenvalue weighted by atomic mass is 19.4. The third-order valence-electron chi connectivity index (χ3n) is 5.56. The van der Waals surface area contributed by atoms with Gasteiger partial charge in [0.25, 0.3) is 0 Å². The number of hydrogen-bond donors (Lipinski definition) is 1. The molecule has 0 spiro atoms. The van der Waals surface area contributed by atoms with Crippen LogP contribution in [-0.2, 0) is 11.0 Å². The third kappa shape index (κ3) is 2.50. The molecule has 8 heteroatoms. The average Bonchev–Trinajstić information content (AvgIpc) is 3.24. The van der Waals surface area contributed by atoms with Gasteiger partial charge in [-0.1, -0.05) is 0 Å².